The van der Waals surface area contributed by atoms with Crippen LogP contribution in [0.1, 0.15) is 105 Å². The van der Waals surface area contributed by atoms with Crippen molar-refractivity contribution in [2.24, 2.45) is 5.92 Å². The molecule has 0 N–H and O–H groups in total. The molecule has 0 amide bonds. The quantitative estimate of drug-likeness (QED) is 0.244. The first-order chi connectivity index (χ1) is 13.9. The standard InChI is InChI=1S/C23H42O6/c1-18(2)14-10-8-6-5-7-9-13-17-26-22(24)28-20-15-11-12-16-21(20)29-23(25)27-19(3)4/h18-21H,5-17H2,1-4H3. The van der Waals surface area contributed by atoms with E-state index in [0.29, 0.717) is 19.4 Å². The highest BCUT2D eigenvalue weighted by Gasteiger charge is 2.32. The van der Waals surface area contributed by atoms with E-state index in [-0.39, 0.29) is 6.10 Å². The van der Waals surface area contributed by atoms with Gasteiger partial charge in [0, 0.05) is 0 Å². The summed E-state index contributed by atoms with van der Waals surface area (Å²) in [5, 5.41) is 0. The van der Waals surface area contributed by atoms with Crippen molar-refractivity contribution in [2.45, 2.75) is 123 Å². The molecule has 1 saturated carbocycles. The Morgan fingerprint density at radius 1 is 0.759 bits per heavy atom. The molecule has 29 heavy (non-hydrogen) atoms. The lowest BCUT2D eigenvalue weighted by atomic mass is 9.95. The average Bonchev–Trinajstić information content (AvgIpc) is 2.64. The van der Waals surface area contributed by atoms with Gasteiger partial charge in [0.15, 0.2) is 0 Å². The lowest BCUT2D eigenvalue weighted by molar-refractivity contribution is -0.0752. The number of unbranched alkanes of at least 4 members (excludes halogenated alkanes) is 6. The SMILES string of the molecule is CC(C)CCCCCCCCCOC(=O)OC1CCCCC1OC(=O)OC(C)C. The summed E-state index contributed by atoms with van der Waals surface area (Å²) in [4.78, 5) is 23.7. The molecule has 0 aromatic heterocycles. The van der Waals surface area contributed by atoms with Gasteiger partial charge in [0.05, 0.1) is 12.7 Å². The maximum atomic E-state index is 12.0. The summed E-state index contributed by atoms with van der Waals surface area (Å²) in [5.74, 6) is 0.802. The largest absolute Gasteiger partial charge is 0.508 e. The second kappa shape index (κ2) is 15.4. The average molecular weight is 415 g/mol. The fraction of sp³-hybridized carbons (Fsp3) is 0.913. The Hall–Kier alpha value is -1.46. The Balaban J connectivity index is 2.10. The smallest absolute Gasteiger partial charge is 0.434 e. The molecule has 2 unspecified atom stereocenters. The van der Waals surface area contributed by atoms with Gasteiger partial charge in [0.1, 0.15) is 12.2 Å². The van der Waals surface area contributed by atoms with Crippen molar-refractivity contribution in [1.82, 2.24) is 0 Å². The molecule has 0 aliphatic heterocycles. The molecule has 0 radical (unpaired) electrons. The van der Waals surface area contributed by atoms with Crippen LogP contribution in [0.5, 0.6) is 0 Å². The van der Waals surface area contributed by atoms with E-state index in [1.165, 1.54) is 38.5 Å². The molecule has 0 saturated heterocycles. The first kappa shape index (κ1) is 25.6. The van der Waals surface area contributed by atoms with Gasteiger partial charge in [-0.25, -0.2) is 9.59 Å². The van der Waals surface area contributed by atoms with Crippen molar-refractivity contribution in [3.05, 3.63) is 0 Å². The van der Waals surface area contributed by atoms with Gasteiger partial charge >= 0.3 is 12.3 Å². The van der Waals surface area contributed by atoms with Crippen LogP contribution in [0.3, 0.4) is 0 Å². The third-order valence-electron chi connectivity index (χ3n) is 5.11. The number of carbonyl (C=O) groups excluding carboxylic acids is 2. The van der Waals surface area contributed by atoms with Crippen molar-refractivity contribution in [2.75, 3.05) is 6.61 Å². The van der Waals surface area contributed by atoms with Gasteiger partial charge in [0.25, 0.3) is 0 Å². The topological polar surface area (TPSA) is 71.1 Å². The van der Waals surface area contributed by atoms with E-state index >= 15 is 0 Å². The van der Waals surface area contributed by atoms with Gasteiger partial charge in [-0.3, -0.25) is 0 Å². The van der Waals surface area contributed by atoms with Crippen LogP contribution in [0.25, 0.3) is 0 Å². The molecule has 1 rings (SSSR count). The Morgan fingerprint density at radius 2 is 1.28 bits per heavy atom. The molecule has 2 atom stereocenters. The Labute approximate surface area is 177 Å². The third-order valence-corrected chi connectivity index (χ3v) is 5.11. The van der Waals surface area contributed by atoms with E-state index in [4.69, 9.17) is 18.9 Å². The molecule has 1 fully saturated rings. The highest BCUT2D eigenvalue weighted by atomic mass is 16.8. The molecule has 170 valence electrons. The van der Waals surface area contributed by atoms with Crippen LogP contribution in [-0.2, 0) is 18.9 Å². The summed E-state index contributed by atoms with van der Waals surface area (Å²) in [6.45, 7) is 8.45. The van der Waals surface area contributed by atoms with Gasteiger partial charge in [-0.05, 0) is 51.9 Å². The zero-order valence-corrected chi connectivity index (χ0v) is 19.0. The summed E-state index contributed by atoms with van der Waals surface area (Å²) in [7, 11) is 0. The van der Waals surface area contributed by atoms with Crippen LogP contribution in [0.4, 0.5) is 9.59 Å². The van der Waals surface area contributed by atoms with Crippen LogP contribution in [-0.4, -0.2) is 37.2 Å². The zero-order chi connectivity index (χ0) is 21.5. The third kappa shape index (κ3) is 13.4. The molecular formula is C23H42O6. The van der Waals surface area contributed by atoms with E-state index in [0.717, 1.165) is 31.6 Å². The van der Waals surface area contributed by atoms with Gasteiger partial charge < -0.3 is 18.9 Å². The van der Waals surface area contributed by atoms with Crippen molar-refractivity contribution >= 4 is 12.3 Å². The molecule has 0 aromatic rings. The number of rotatable bonds is 13. The van der Waals surface area contributed by atoms with Crippen LogP contribution in [0.15, 0.2) is 0 Å². The fourth-order valence-corrected chi connectivity index (χ4v) is 3.53. The lowest BCUT2D eigenvalue weighted by Crippen LogP contribution is -2.38. The monoisotopic (exact) mass is 414 g/mol. The number of hydrogen-bond acceptors (Lipinski definition) is 6. The van der Waals surface area contributed by atoms with Crippen molar-refractivity contribution in [3.8, 4) is 0 Å². The fourth-order valence-electron chi connectivity index (χ4n) is 3.53. The van der Waals surface area contributed by atoms with Crippen LogP contribution < -0.4 is 0 Å². The van der Waals surface area contributed by atoms with Gasteiger partial charge in [0.2, 0.25) is 0 Å². The van der Waals surface area contributed by atoms with E-state index in [1.54, 1.807) is 13.8 Å². The maximum absolute atomic E-state index is 12.0. The Morgan fingerprint density at radius 3 is 1.83 bits per heavy atom. The van der Waals surface area contributed by atoms with Gasteiger partial charge in [-0.1, -0.05) is 58.8 Å². The maximum Gasteiger partial charge on any atom is 0.508 e. The highest BCUT2D eigenvalue weighted by Crippen LogP contribution is 2.25. The summed E-state index contributed by atoms with van der Waals surface area (Å²) in [6.07, 6.45) is 10.3. The Bertz CT molecular complexity index is 449. The predicted molar refractivity (Wildman–Crippen MR) is 113 cm³/mol. The number of carbonyl (C=O) groups is 2. The molecule has 1 aliphatic rings. The van der Waals surface area contributed by atoms with Crippen LogP contribution in [0, 0.1) is 5.92 Å². The van der Waals surface area contributed by atoms with Gasteiger partial charge in [-0.2, -0.15) is 0 Å². The molecule has 6 heteroatoms. The minimum atomic E-state index is -0.710. The number of ether oxygens (including phenoxy) is 4. The van der Waals surface area contributed by atoms with Crippen LogP contribution in [0.2, 0.25) is 0 Å². The molecule has 0 bridgehead atoms. The molecule has 0 spiro atoms. The normalized spacial score (nSPS) is 19.2. The second-order valence-corrected chi connectivity index (χ2v) is 8.77. The minimum Gasteiger partial charge on any atom is -0.434 e. The predicted octanol–water partition coefficient (Wildman–Crippen LogP) is 6.79. The van der Waals surface area contributed by atoms with E-state index < -0.39 is 24.5 Å². The molecule has 1 aliphatic carbocycles. The van der Waals surface area contributed by atoms with E-state index in [1.807, 2.05) is 0 Å². The number of hydrogen-bond donors (Lipinski definition) is 0. The lowest BCUT2D eigenvalue weighted by Gasteiger charge is -2.30. The summed E-state index contributed by atoms with van der Waals surface area (Å²) < 4.78 is 21.0. The zero-order valence-electron chi connectivity index (χ0n) is 19.0. The highest BCUT2D eigenvalue weighted by molar-refractivity contribution is 5.61. The first-order valence-electron chi connectivity index (χ1n) is 11.6. The van der Waals surface area contributed by atoms with Crippen molar-refractivity contribution in [1.29, 1.82) is 0 Å². The van der Waals surface area contributed by atoms with Crippen molar-refractivity contribution < 1.29 is 28.5 Å². The van der Waals surface area contributed by atoms with Gasteiger partial charge in [-0.15, -0.1) is 0 Å². The molecular weight excluding hydrogens is 372 g/mol. The van der Waals surface area contributed by atoms with E-state index in [9.17, 15) is 9.59 Å². The summed E-state index contributed by atoms with van der Waals surface area (Å²) >= 11 is 0. The van der Waals surface area contributed by atoms with E-state index in [2.05, 4.69) is 13.8 Å². The molecule has 0 aromatic carbocycles. The Kier molecular flexibility index (Phi) is 13.6. The molecule has 6 nitrogen and oxygen atoms in total. The molecule has 0 heterocycles. The second-order valence-electron chi connectivity index (χ2n) is 8.77. The van der Waals surface area contributed by atoms with Crippen molar-refractivity contribution in [3.63, 3.8) is 0 Å². The van der Waals surface area contributed by atoms with Crippen LogP contribution >= 0.6 is 0 Å². The first-order valence-corrected chi connectivity index (χ1v) is 11.6. The minimum absolute atomic E-state index is 0.240. The summed E-state index contributed by atoms with van der Waals surface area (Å²) in [5.41, 5.74) is 0. The summed E-state index contributed by atoms with van der Waals surface area (Å²) in [6, 6.07) is 0.